The molecule has 2 aliphatic rings. The fraction of sp³-hybridized carbons (Fsp3) is 0.208. The van der Waals surface area contributed by atoms with Crippen molar-refractivity contribution < 1.29 is 0 Å². The summed E-state index contributed by atoms with van der Waals surface area (Å²) in [6, 6.07) is 18.9. The second kappa shape index (κ2) is 7.60. The van der Waals surface area contributed by atoms with Crippen molar-refractivity contribution in [3.8, 4) is 0 Å². The van der Waals surface area contributed by atoms with Gasteiger partial charge in [-0.25, -0.2) is 0 Å². The highest BCUT2D eigenvalue weighted by Gasteiger charge is 2.43. The molecule has 0 N–H and O–H groups in total. The summed E-state index contributed by atoms with van der Waals surface area (Å²) >= 11 is 0. The van der Waals surface area contributed by atoms with Crippen molar-refractivity contribution in [2.75, 3.05) is 25.1 Å². The first-order chi connectivity index (χ1) is 14.3. The van der Waals surface area contributed by atoms with E-state index in [0.717, 1.165) is 24.3 Å². The molecule has 2 atom stereocenters. The molecule has 5 rings (SSSR count). The third-order valence-corrected chi connectivity index (χ3v) is 5.60. The van der Waals surface area contributed by atoms with Crippen LogP contribution in [0.15, 0.2) is 90.1 Å². The second-order valence-electron chi connectivity index (χ2n) is 7.64. The van der Waals surface area contributed by atoms with Gasteiger partial charge in [0.05, 0.1) is 17.4 Å². The Labute approximate surface area is 171 Å². The average molecular weight is 381 g/mol. The summed E-state index contributed by atoms with van der Waals surface area (Å²) < 4.78 is 0. The molecule has 2 aliphatic heterocycles. The molecule has 4 heterocycles. The van der Waals surface area contributed by atoms with Crippen LogP contribution in [0.3, 0.4) is 0 Å². The maximum absolute atomic E-state index is 5.17. The number of likely N-dealkylation sites (tertiary alicyclic amines) is 1. The van der Waals surface area contributed by atoms with Gasteiger partial charge < -0.3 is 4.90 Å². The molecule has 1 saturated heterocycles. The SMILES string of the molecule is CN1C/C(=C\c2ccncc2)C2=NN(c3ccccc3)C(c3ccncc3)C2C1. The summed E-state index contributed by atoms with van der Waals surface area (Å²) in [7, 11) is 2.19. The molecule has 2 aromatic heterocycles. The number of nitrogens with zero attached hydrogens (tertiary/aromatic N) is 5. The van der Waals surface area contributed by atoms with Crippen LogP contribution in [0.4, 0.5) is 5.69 Å². The van der Waals surface area contributed by atoms with E-state index in [9.17, 15) is 0 Å². The van der Waals surface area contributed by atoms with Gasteiger partial charge in [-0.3, -0.25) is 15.0 Å². The van der Waals surface area contributed by atoms with Gasteiger partial charge in [-0.15, -0.1) is 0 Å². The number of para-hydroxylation sites is 1. The van der Waals surface area contributed by atoms with E-state index < -0.39 is 0 Å². The lowest BCUT2D eigenvalue weighted by Crippen LogP contribution is -2.41. The van der Waals surface area contributed by atoms with Gasteiger partial charge in [-0.05, 0) is 66.2 Å². The molecular weight excluding hydrogens is 358 g/mol. The number of fused-ring (bicyclic) bond motifs is 1. The van der Waals surface area contributed by atoms with Gasteiger partial charge in [0.2, 0.25) is 0 Å². The fourth-order valence-corrected chi connectivity index (χ4v) is 4.35. The Morgan fingerprint density at radius 3 is 2.31 bits per heavy atom. The summed E-state index contributed by atoms with van der Waals surface area (Å²) in [5, 5.41) is 7.36. The van der Waals surface area contributed by atoms with Crippen molar-refractivity contribution in [3.05, 3.63) is 96.1 Å². The molecular formula is C24H23N5. The van der Waals surface area contributed by atoms with Gasteiger partial charge in [-0.1, -0.05) is 18.2 Å². The molecule has 0 radical (unpaired) electrons. The minimum atomic E-state index is 0.152. The predicted molar refractivity (Wildman–Crippen MR) is 117 cm³/mol. The van der Waals surface area contributed by atoms with E-state index in [2.05, 4.69) is 69.4 Å². The Kier molecular flexibility index (Phi) is 4.66. The van der Waals surface area contributed by atoms with Gasteiger partial charge in [0.25, 0.3) is 0 Å². The summed E-state index contributed by atoms with van der Waals surface area (Å²) in [6.45, 7) is 1.87. The molecule has 0 bridgehead atoms. The quantitative estimate of drug-likeness (QED) is 0.687. The number of pyridine rings is 2. The van der Waals surface area contributed by atoms with Gasteiger partial charge in [0.15, 0.2) is 0 Å². The van der Waals surface area contributed by atoms with E-state index in [1.165, 1.54) is 16.8 Å². The molecule has 0 aliphatic carbocycles. The number of hydrazone groups is 1. The smallest absolute Gasteiger partial charge is 0.0873 e. The fourth-order valence-electron chi connectivity index (χ4n) is 4.35. The molecule has 0 amide bonds. The summed E-state index contributed by atoms with van der Waals surface area (Å²) in [4.78, 5) is 10.7. The van der Waals surface area contributed by atoms with E-state index >= 15 is 0 Å². The van der Waals surface area contributed by atoms with E-state index in [4.69, 9.17) is 5.10 Å². The van der Waals surface area contributed by atoms with Crippen molar-refractivity contribution in [3.63, 3.8) is 0 Å². The standard InChI is InChI=1S/C24H23N5/c1-28-16-20(15-18-7-11-25-12-8-18)23-22(17-28)24(19-9-13-26-14-10-19)29(27-23)21-5-3-2-4-6-21/h2-15,22,24H,16-17H2,1H3/b20-15+. The molecule has 29 heavy (non-hydrogen) atoms. The lowest BCUT2D eigenvalue weighted by molar-refractivity contribution is 0.303. The topological polar surface area (TPSA) is 44.6 Å². The van der Waals surface area contributed by atoms with Crippen molar-refractivity contribution in [1.82, 2.24) is 14.9 Å². The van der Waals surface area contributed by atoms with Crippen LogP contribution in [0, 0.1) is 5.92 Å². The second-order valence-corrected chi connectivity index (χ2v) is 7.64. The van der Waals surface area contributed by atoms with Crippen molar-refractivity contribution in [2.45, 2.75) is 6.04 Å². The molecule has 5 heteroatoms. The first-order valence-electron chi connectivity index (χ1n) is 9.92. The minimum absolute atomic E-state index is 0.152. The molecule has 1 aromatic carbocycles. The van der Waals surface area contributed by atoms with Crippen LogP contribution >= 0.6 is 0 Å². The zero-order valence-corrected chi connectivity index (χ0v) is 16.4. The molecule has 5 nitrogen and oxygen atoms in total. The number of benzene rings is 1. The molecule has 3 aromatic rings. The predicted octanol–water partition coefficient (Wildman–Crippen LogP) is 4.04. The monoisotopic (exact) mass is 381 g/mol. The first kappa shape index (κ1) is 17.8. The molecule has 1 fully saturated rings. The summed E-state index contributed by atoms with van der Waals surface area (Å²) in [5.74, 6) is 0.296. The average Bonchev–Trinajstić information content (AvgIpc) is 3.15. The number of hydrogen-bond acceptors (Lipinski definition) is 5. The third kappa shape index (κ3) is 3.45. The summed E-state index contributed by atoms with van der Waals surface area (Å²) in [6.07, 6.45) is 9.67. The highest BCUT2D eigenvalue weighted by Crippen LogP contribution is 2.42. The number of anilines is 1. The van der Waals surface area contributed by atoms with E-state index in [1.54, 1.807) is 0 Å². The van der Waals surface area contributed by atoms with Crippen LogP contribution < -0.4 is 5.01 Å². The van der Waals surface area contributed by atoms with E-state index in [0.29, 0.717) is 5.92 Å². The Bertz CT molecular complexity index is 1030. The van der Waals surface area contributed by atoms with Crippen LogP contribution in [-0.2, 0) is 0 Å². The van der Waals surface area contributed by atoms with Crippen LogP contribution in [0.1, 0.15) is 17.2 Å². The largest absolute Gasteiger partial charge is 0.301 e. The first-order valence-corrected chi connectivity index (χ1v) is 9.92. The highest BCUT2D eigenvalue weighted by atomic mass is 15.5. The number of piperidine rings is 1. The van der Waals surface area contributed by atoms with Crippen molar-refractivity contribution in [1.29, 1.82) is 0 Å². The molecule has 144 valence electrons. The van der Waals surface area contributed by atoms with Crippen LogP contribution in [0.25, 0.3) is 6.08 Å². The Balaban J connectivity index is 1.62. The van der Waals surface area contributed by atoms with E-state index in [1.807, 2.05) is 43.0 Å². The van der Waals surface area contributed by atoms with Gasteiger partial charge >= 0.3 is 0 Å². The Morgan fingerprint density at radius 2 is 1.59 bits per heavy atom. The zero-order chi connectivity index (χ0) is 19.6. The highest BCUT2D eigenvalue weighted by molar-refractivity contribution is 6.08. The van der Waals surface area contributed by atoms with Crippen LogP contribution in [-0.4, -0.2) is 40.7 Å². The zero-order valence-electron chi connectivity index (χ0n) is 16.4. The molecule has 0 spiro atoms. The van der Waals surface area contributed by atoms with Gasteiger partial charge in [0, 0.05) is 43.8 Å². The minimum Gasteiger partial charge on any atom is -0.301 e. The van der Waals surface area contributed by atoms with Gasteiger partial charge in [-0.2, -0.15) is 5.10 Å². The van der Waals surface area contributed by atoms with E-state index in [-0.39, 0.29) is 6.04 Å². The number of aromatic nitrogens is 2. The molecule has 0 saturated carbocycles. The normalized spacial score (nSPS) is 23.1. The Morgan fingerprint density at radius 1 is 0.897 bits per heavy atom. The molecule has 2 unspecified atom stereocenters. The van der Waals surface area contributed by atoms with Crippen molar-refractivity contribution in [2.24, 2.45) is 11.0 Å². The summed E-state index contributed by atoms with van der Waals surface area (Å²) in [5.41, 5.74) is 5.97. The maximum atomic E-state index is 5.17. The lowest BCUT2D eigenvalue weighted by atomic mass is 9.83. The lowest BCUT2D eigenvalue weighted by Gasteiger charge is -2.34. The van der Waals surface area contributed by atoms with Gasteiger partial charge in [0.1, 0.15) is 0 Å². The van der Waals surface area contributed by atoms with Crippen molar-refractivity contribution >= 4 is 17.5 Å². The number of hydrogen-bond donors (Lipinski definition) is 0. The number of rotatable bonds is 3. The Hall–Kier alpha value is -3.31. The third-order valence-electron chi connectivity index (χ3n) is 5.60. The van der Waals surface area contributed by atoms with Crippen LogP contribution in [0.5, 0.6) is 0 Å². The number of likely N-dealkylation sites (N-methyl/N-ethyl adjacent to an activating group) is 1. The maximum Gasteiger partial charge on any atom is 0.0873 e. The van der Waals surface area contributed by atoms with Crippen LogP contribution in [0.2, 0.25) is 0 Å².